The number of carbonyl (C=O) groups excluding carboxylic acids is 4. The van der Waals surface area contributed by atoms with Gasteiger partial charge in [-0.25, -0.2) is 4.98 Å². The van der Waals surface area contributed by atoms with Gasteiger partial charge in [0.2, 0.25) is 11.8 Å². The number of aryl methyl sites for hydroxylation is 1. The Labute approximate surface area is 330 Å². The van der Waals surface area contributed by atoms with E-state index in [0.717, 1.165) is 65.4 Å². The van der Waals surface area contributed by atoms with Crippen LogP contribution >= 0.6 is 0 Å². The molecule has 7 rings (SSSR count). The SMILES string of the molecule is CNc1cc2c(=O)n(C)cc(-c3cc(OC)c(CN(C)CCOCCN4CCN(c5ccc6c(c5)C(=O)N(C5CCC(=O)NC5=O)C6=O)CC4)c(OC)c3)c2cn1. The molecule has 2 aromatic heterocycles. The van der Waals surface area contributed by atoms with Crippen LogP contribution in [0.25, 0.3) is 21.9 Å². The number of benzene rings is 2. The molecule has 16 nitrogen and oxygen atoms in total. The van der Waals surface area contributed by atoms with E-state index >= 15 is 0 Å². The number of methoxy groups -OCH3 is 2. The Morgan fingerprint density at radius 1 is 0.895 bits per heavy atom. The fraction of sp³-hybridized carbons (Fsp3) is 0.415. The maximum Gasteiger partial charge on any atom is 0.262 e. The highest BCUT2D eigenvalue weighted by atomic mass is 16.5. The van der Waals surface area contributed by atoms with Gasteiger partial charge in [0, 0.05) is 95.4 Å². The number of pyridine rings is 2. The molecule has 57 heavy (non-hydrogen) atoms. The molecule has 0 radical (unpaired) electrons. The van der Waals surface area contributed by atoms with Crippen molar-refractivity contribution < 1.29 is 33.4 Å². The van der Waals surface area contributed by atoms with Gasteiger partial charge in [0.05, 0.1) is 49.5 Å². The van der Waals surface area contributed by atoms with Crippen LogP contribution in [0.3, 0.4) is 0 Å². The highest BCUT2D eigenvalue weighted by molar-refractivity contribution is 6.23. The van der Waals surface area contributed by atoms with E-state index in [9.17, 15) is 24.0 Å². The van der Waals surface area contributed by atoms with E-state index in [2.05, 4.69) is 30.3 Å². The number of aromatic nitrogens is 2. The van der Waals surface area contributed by atoms with Gasteiger partial charge in [-0.1, -0.05) is 0 Å². The molecule has 1 unspecified atom stereocenters. The number of imide groups is 2. The van der Waals surface area contributed by atoms with E-state index < -0.39 is 29.7 Å². The van der Waals surface area contributed by atoms with Crippen molar-refractivity contribution in [2.24, 2.45) is 7.05 Å². The van der Waals surface area contributed by atoms with Crippen molar-refractivity contribution in [2.75, 3.05) is 91.0 Å². The lowest BCUT2D eigenvalue weighted by Gasteiger charge is -2.36. The lowest BCUT2D eigenvalue weighted by Crippen LogP contribution is -2.54. The normalized spacial score (nSPS) is 17.4. The van der Waals surface area contributed by atoms with Gasteiger partial charge in [-0.3, -0.25) is 44.0 Å². The Hall–Kier alpha value is -5.84. The van der Waals surface area contributed by atoms with Crippen molar-refractivity contribution in [2.45, 2.75) is 25.4 Å². The number of ether oxygens (including phenoxy) is 3. The molecule has 2 aromatic carbocycles. The van der Waals surface area contributed by atoms with Gasteiger partial charge in [-0.15, -0.1) is 0 Å². The molecule has 4 aromatic rings. The molecule has 0 saturated carbocycles. The molecule has 2 fully saturated rings. The van der Waals surface area contributed by atoms with E-state index in [1.807, 2.05) is 31.4 Å². The van der Waals surface area contributed by atoms with Crippen LogP contribution in [0.4, 0.5) is 11.5 Å². The number of anilines is 2. The lowest BCUT2D eigenvalue weighted by atomic mass is 9.99. The fourth-order valence-electron chi connectivity index (χ4n) is 7.77. The zero-order valence-corrected chi connectivity index (χ0v) is 32.9. The third kappa shape index (κ3) is 7.93. The van der Waals surface area contributed by atoms with Gasteiger partial charge in [0.15, 0.2) is 0 Å². The number of fused-ring (bicyclic) bond motifs is 2. The Balaban J connectivity index is 0.892. The minimum absolute atomic E-state index is 0.0831. The van der Waals surface area contributed by atoms with Gasteiger partial charge < -0.3 is 29.0 Å². The number of hydrogen-bond donors (Lipinski definition) is 2. The first-order valence-corrected chi connectivity index (χ1v) is 19.0. The molecule has 2 N–H and O–H groups in total. The Kier molecular flexibility index (Phi) is 11.6. The second kappa shape index (κ2) is 16.7. The monoisotopic (exact) mass is 780 g/mol. The summed E-state index contributed by atoms with van der Waals surface area (Å²) < 4.78 is 19.4. The van der Waals surface area contributed by atoms with Crippen LogP contribution < -0.4 is 30.6 Å². The average Bonchev–Trinajstić information content (AvgIpc) is 3.46. The summed E-state index contributed by atoms with van der Waals surface area (Å²) in [5.41, 5.74) is 3.89. The summed E-state index contributed by atoms with van der Waals surface area (Å²) in [5, 5.41) is 6.54. The smallest absolute Gasteiger partial charge is 0.262 e. The molecule has 2 saturated heterocycles. The van der Waals surface area contributed by atoms with Gasteiger partial charge >= 0.3 is 0 Å². The number of carbonyl (C=O) groups is 4. The van der Waals surface area contributed by atoms with Crippen molar-refractivity contribution in [3.8, 4) is 22.6 Å². The largest absolute Gasteiger partial charge is 0.496 e. The summed E-state index contributed by atoms with van der Waals surface area (Å²) in [6.45, 7) is 6.28. The summed E-state index contributed by atoms with van der Waals surface area (Å²) in [4.78, 5) is 75.5. The van der Waals surface area contributed by atoms with Crippen LogP contribution in [-0.4, -0.2) is 135 Å². The maximum atomic E-state index is 13.3. The van der Waals surface area contributed by atoms with Crippen LogP contribution in [0.5, 0.6) is 11.5 Å². The van der Waals surface area contributed by atoms with Crippen molar-refractivity contribution >= 4 is 45.9 Å². The van der Waals surface area contributed by atoms with Crippen LogP contribution in [0.1, 0.15) is 39.1 Å². The number of amides is 4. The van der Waals surface area contributed by atoms with Crippen LogP contribution in [0.2, 0.25) is 0 Å². The minimum atomic E-state index is -0.984. The standard InChI is InChI=1S/C41H48N8O8/c1-42-36-21-29-30(22-43-36)31(24-46(3)39(29)52)25-18-34(55-4)32(35(19-25)56-5)23-45(2)14-16-57-17-15-47-10-12-48(13-11-47)26-6-7-27-28(20-26)41(54)49(40(27)53)33-8-9-37(50)44-38(33)51/h6-7,18-22,24,33H,8-17,23H2,1-5H3,(H,42,43)(H,44,50,51). The average molecular weight is 781 g/mol. The number of nitrogens with one attached hydrogen (secondary N) is 2. The molecule has 300 valence electrons. The maximum absolute atomic E-state index is 13.3. The van der Waals surface area contributed by atoms with Gasteiger partial charge in [0.1, 0.15) is 23.4 Å². The minimum Gasteiger partial charge on any atom is -0.496 e. The summed E-state index contributed by atoms with van der Waals surface area (Å²) >= 11 is 0. The quantitative estimate of drug-likeness (QED) is 0.142. The highest BCUT2D eigenvalue weighted by Crippen LogP contribution is 2.38. The topological polar surface area (TPSA) is 168 Å². The third-order valence-corrected chi connectivity index (χ3v) is 11.0. The zero-order chi connectivity index (χ0) is 40.4. The van der Waals surface area contributed by atoms with Crippen LogP contribution in [0.15, 0.2) is 53.6 Å². The fourth-order valence-corrected chi connectivity index (χ4v) is 7.77. The molecule has 5 heterocycles. The van der Waals surface area contributed by atoms with Crippen LogP contribution in [0, 0.1) is 0 Å². The molecule has 1 atom stereocenters. The van der Waals surface area contributed by atoms with E-state index in [1.54, 1.807) is 57.3 Å². The number of piperidine rings is 1. The molecular formula is C41H48N8O8. The number of likely N-dealkylation sites (N-methyl/N-ethyl adjacent to an activating group) is 1. The first-order chi connectivity index (χ1) is 27.5. The van der Waals surface area contributed by atoms with Crippen LogP contribution in [-0.2, 0) is 27.9 Å². The molecule has 3 aliphatic rings. The second-order valence-corrected chi connectivity index (χ2v) is 14.5. The van der Waals surface area contributed by atoms with E-state index in [-0.39, 0.29) is 29.5 Å². The van der Waals surface area contributed by atoms with Gasteiger partial charge in [-0.05, 0) is 55.4 Å². The van der Waals surface area contributed by atoms with E-state index in [1.165, 1.54) is 0 Å². The molecule has 0 bridgehead atoms. The molecule has 4 amide bonds. The van der Waals surface area contributed by atoms with Crippen molar-refractivity contribution in [1.29, 1.82) is 0 Å². The Morgan fingerprint density at radius 2 is 1.61 bits per heavy atom. The van der Waals surface area contributed by atoms with E-state index in [4.69, 9.17) is 14.2 Å². The second-order valence-electron chi connectivity index (χ2n) is 14.5. The summed E-state index contributed by atoms with van der Waals surface area (Å²) in [5.74, 6) is -0.0614. The number of rotatable bonds is 14. The summed E-state index contributed by atoms with van der Waals surface area (Å²) in [6.07, 6.45) is 3.73. The Bertz CT molecular complexity index is 2260. The molecule has 16 heteroatoms. The molecule has 0 spiro atoms. The first-order valence-electron chi connectivity index (χ1n) is 19.0. The summed E-state index contributed by atoms with van der Waals surface area (Å²) in [7, 11) is 8.80. The van der Waals surface area contributed by atoms with Crippen molar-refractivity contribution in [1.82, 2.24) is 29.6 Å². The first kappa shape index (κ1) is 39.4. The number of piperazine rings is 1. The highest BCUT2D eigenvalue weighted by Gasteiger charge is 2.44. The zero-order valence-electron chi connectivity index (χ0n) is 32.9. The van der Waals surface area contributed by atoms with Crippen molar-refractivity contribution in [3.63, 3.8) is 0 Å². The number of hydrogen-bond acceptors (Lipinski definition) is 13. The summed E-state index contributed by atoms with van der Waals surface area (Å²) in [6, 6.07) is 9.96. The molecule has 0 aliphatic carbocycles. The van der Waals surface area contributed by atoms with E-state index in [0.29, 0.717) is 49.0 Å². The predicted molar refractivity (Wildman–Crippen MR) is 214 cm³/mol. The third-order valence-electron chi connectivity index (χ3n) is 11.0. The van der Waals surface area contributed by atoms with Gasteiger partial charge in [0.25, 0.3) is 17.4 Å². The number of nitrogens with zero attached hydrogens (tertiary/aromatic N) is 6. The molecule has 3 aliphatic heterocycles. The lowest BCUT2D eigenvalue weighted by molar-refractivity contribution is -0.136. The predicted octanol–water partition coefficient (Wildman–Crippen LogP) is 2.33. The van der Waals surface area contributed by atoms with Crippen molar-refractivity contribution in [3.05, 3.63) is 75.8 Å². The van der Waals surface area contributed by atoms with Gasteiger partial charge in [-0.2, -0.15) is 0 Å². The Morgan fingerprint density at radius 3 is 2.30 bits per heavy atom. The molecular weight excluding hydrogens is 732 g/mol.